The highest BCUT2D eigenvalue weighted by atomic mass is 15.4. The molecule has 5 rings (SSSR count). The van der Waals surface area contributed by atoms with Crippen LogP contribution in [0.25, 0.3) is 11.0 Å². The van der Waals surface area contributed by atoms with Gasteiger partial charge >= 0.3 is 0 Å². The molecule has 0 bridgehead atoms. The summed E-state index contributed by atoms with van der Waals surface area (Å²) >= 11 is 0. The molecule has 36 heavy (non-hydrogen) atoms. The van der Waals surface area contributed by atoms with Crippen LogP contribution in [0.5, 0.6) is 0 Å². The molecule has 0 amide bonds. The number of guanidine groups is 1. The van der Waals surface area contributed by atoms with Gasteiger partial charge in [-0.15, -0.1) is 4.99 Å². The zero-order valence-electron chi connectivity index (χ0n) is 21.6. The van der Waals surface area contributed by atoms with Gasteiger partial charge in [-0.3, -0.25) is 9.88 Å². The molecule has 0 N–H and O–H groups in total. The first-order chi connectivity index (χ1) is 17.5. The molecule has 8 nitrogen and oxygen atoms in total. The lowest BCUT2D eigenvalue weighted by Gasteiger charge is -2.37. The van der Waals surface area contributed by atoms with Gasteiger partial charge in [-0.25, -0.2) is 4.98 Å². The summed E-state index contributed by atoms with van der Waals surface area (Å²) in [5.41, 5.74) is 4.85. The molecule has 1 saturated heterocycles. The van der Waals surface area contributed by atoms with Gasteiger partial charge in [0.15, 0.2) is 0 Å². The van der Waals surface area contributed by atoms with Crippen LogP contribution >= 0.6 is 0 Å². The Bertz CT molecular complexity index is 1270. The van der Waals surface area contributed by atoms with Gasteiger partial charge in [0.05, 0.1) is 29.3 Å². The number of rotatable bonds is 5. The van der Waals surface area contributed by atoms with E-state index in [1.54, 1.807) is 0 Å². The Kier molecular flexibility index (Phi) is 7.19. The molecule has 2 aliphatic rings. The number of hydrogen-bond acceptors (Lipinski definition) is 5. The van der Waals surface area contributed by atoms with E-state index in [1.807, 2.05) is 31.4 Å². The molecule has 3 aromatic rings. The average Bonchev–Trinajstić information content (AvgIpc) is 3.23. The van der Waals surface area contributed by atoms with Gasteiger partial charge in [0.1, 0.15) is 5.82 Å². The summed E-state index contributed by atoms with van der Waals surface area (Å²) in [7, 11) is 6.12. The predicted octanol–water partition coefficient (Wildman–Crippen LogP) is 4.05. The SMILES string of the molecule is CN(C)/C(=N\C#N)N1CCC[C@H](Cn2c(CN(C)[C@H]3CCCc4cccnc43)nc3ccccc32)C1. The molecule has 3 heterocycles. The molecular weight excluding hydrogens is 448 g/mol. The lowest BCUT2D eigenvalue weighted by Crippen LogP contribution is -2.46. The minimum absolute atomic E-state index is 0.318. The molecule has 0 unspecified atom stereocenters. The van der Waals surface area contributed by atoms with Crippen molar-refractivity contribution in [3.05, 3.63) is 59.7 Å². The van der Waals surface area contributed by atoms with Gasteiger partial charge in [-0.2, -0.15) is 5.26 Å². The molecule has 188 valence electrons. The Labute approximate surface area is 213 Å². The number of piperidine rings is 1. The Balaban J connectivity index is 1.39. The van der Waals surface area contributed by atoms with Crippen molar-refractivity contribution in [3.63, 3.8) is 0 Å². The number of imidazole rings is 1. The number of pyridine rings is 1. The van der Waals surface area contributed by atoms with E-state index >= 15 is 0 Å². The van der Waals surface area contributed by atoms with E-state index in [-0.39, 0.29) is 0 Å². The highest BCUT2D eigenvalue weighted by Crippen LogP contribution is 2.33. The standard InChI is InChI=1S/C28H36N8/c1-33(2)28(31-20-29)35-16-8-9-21(17-35)18-36-24-13-5-4-12-23(24)32-26(36)19-34(3)25-14-6-10-22-11-7-15-30-27(22)25/h4-5,7,11-13,15,21,25H,6,8-10,14,16-19H2,1-3H3/b31-28+/t21-,25-/m0/s1. The maximum atomic E-state index is 9.18. The topological polar surface area (TPSA) is 76.6 Å². The first kappa shape index (κ1) is 24.3. The number of nitriles is 1. The van der Waals surface area contributed by atoms with E-state index in [4.69, 9.17) is 9.97 Å². The minimum atomic E-state index is 0.318. The van der Waals surface area contributed by atoms with Gasteiger partial charge in [0.25, 0.3) is 0 Å². The van der Waals surface area contributed by atoms with Crippen molar-refractivity contribution in [1.29, 1.82) is 5.26 Å². The predicted molar refractivity (Wildman–Crippen MR) is 142 cm³/mol. The number of fused-ring (bicyclic) bond motifs is 2. The van der Waals surface area contributed by atoms with E-state index in [2.05, 4.69) is 62.8 Å². The van der Waals surface area contributed by atoms with E-state index in [1.165, 1.54) is 23.2 Å². The summed E-state index contributed by atoms with van der Waals surface area (Å²) < 4.78 is 2.43. The Morgan fingerprint density at radius 3 is 2.83 bits per heavy atom. The number of para-hydroxylation sites is 2. The van der Waals surface area contributed by atoms with Crippen molar-refractivity contribution < 1.29 is 0 Å². The van der Waals surface area contributed by atoms with Gasteiger partial charge in [0.2, 0.25) is 12.2 Å². The number of aliphatic imine (C=N–C) groups is 1. The fraction of sp³-hybridized carbons (Fsp3) is 0.500. The van der Waals surface area contributed by atoms with Crippen LogP contribution in [0.4, 0.5) is 0 Å². The van der Waals surface area contributed by atoms with Crippen molar-refractivity contribution in [2.75, 3.05) is 34.2 Å². The van der Waals surface area contributed by atoms with E-state index in [0.717, 1.165) is 69.2 Å². The summed E-state index contributed by atoms with van der Waals surface area (Å²) in [6, 6.07) is 13.1. The Morgan fingerprint density at radius 1 is 1.14 bits per heavy atom. The molecular formula is C28H36N8. The number of benzene rings is 1. The van der Waals surface area contributed by atoms with Crippen LogP contribution in [0.15, 0.2) is 47.6 Å². The zero-order valence-corrected chi connectivity index (χ0v) is 21.6. The fourth-order valence-corrected chi connectivity index (χ4v) is 5.95. The second kappa shape index (κ2) is 10.7. The summed E-state index contributed by atoms with van der Waals surface area (Å²) in [6.45, 7) is 3.52. The Morgan fingerprint density at radius 2 is 2.00 bits per heavy atom. The third-order valence-corrected chi connectivity index (χ3v) is 7.61. The molecule has 8 heteroatoms. The van der Waals surface area contributed by atoms with Crippen molar-refractivity contribution >= 4 is 17.0 Å². The fourth-order valence-electron chi connectivity index (χ4n) is 5.95. The summed E-state index contributed by atoms with van der Waals surface area (Å²) in [5.74, 6) is 2.32. The highest BCUT2D eigenvalue weighted by molar-refractivity contribution is 5.80. The van der Waals surface area contributed by atoms with Crippen LogP contribution in [-0.4, -0.2) is 69.4 Å². The summed E-state index contributed by atoms with van der Waals surface area (Å²) in [6.07, 6.45) is 9.60. The molecule has 0 saturated carbocycles. The van der Waals surface area contributed by atoms with Gasteiger partial charge in [0, 0.05) is 39.9 Å². The third kappa shape index (κ3) is 4.93. The summed E-state index contributed by atoms with van der Waals surface area (Å²) in [5, 5.41) is 9.18. The van der Waals surface area contributed by atoms with Crippen molar-refractivity contribution in [1.82, 2.24) is 29.2 Å². The first-order valence-electron chi connectivity index (χ1n) is 13.0. The normalized spacial score (nSPS) is 20.4. The molecule has 1 aromatic carbocycles. The highest BCUT2D eigenvalue weighted by Gasteiger charge is 2.28. The van der Waals surface area contributed by atoms with Crippen molar-refractivity contribution in [2.45, 2.75) is 51.2 Å². The average molecular weight is 485 g/mol. The molecule has 0 radical (unpaired) electrons. The Hall–Kier alpha value is -3.44. The van der Waals surface area contributed by atoms with Crippen LogP contribution in [0.1, 0.15) is 48.8 Å². The van der Waals surface area contributed by atoms with E-state index in [0.29, 0.717) is 12.0 Å². The van der Waals surface area contributed by atoms with Crippen LogP contribution < -0.4 is 0 Å². The largest absolute Gasteiger partial charge is 0.348 e. The first-order valence-corrected chi connectivity index (χ1v) is 13.0. The van der Waals surface area contributed by atoms with E-state index < -0.39 is 0 Å². The van der Waals surface area contributed by atoms with E-state index in [9.17, 15) is 5.26 Å². The van der Waals surface area contributed by atoms with Crippen LogP contribution in [0.2, 0.25) is 0 Å². The minimum Gasteiger partial charge on any atom is -0.348 e. The maximum Gasteiger partial charge on any atom is 0.212 e. The second-order valence-electron chi connectivity index (χ2n) is 10.4. The number of likely N-dealkylation sites (tertiary alicyclic amines) is 1. The summed E-state index contributed by atoms with van der Waals surface area (Å²) in [4.78, 5) is 20.6. The number of nitrogens with zero attached hydrogens (tertiary/aromatic N) is 8. The van der Waals surface area contributed by atoms with Gasteiger partial charge in [-0.05, 0) is 68.8 Å². The monoisotopic (exact) mass is 484 g/mol. The molecule has 1 aliphatic heterocycles. The molecule has 2 atom stereocenters. The lowest BCUT2D eigenvalue weighted by atomic mass is 9.91. The van der Waals surface area contributed by atoms with Crippen LogP contribution in [0.3, 0.4) is 0 Å². The number of aryl methyl sites for hydroxylation is 1. The molecule has 2 aromatic heterocycles. The van der Waals surface area contributed by atoms with Crippen molar-refractivity contribution in [2.24, 2.45) is 10.9 Å². The third-order valence-electron chi connectivity index (χ3n) is 7.61. The van der Waals surface area contributed by atoms with Crippen molar-refractivity contribution in [3.8, 4) is 6.19 Å². The smallest absolute Gasteiger partial charge is 0.212 e. The molecule has 1 fully saturated rings. The quantitative estimate of drug-likeness (QED) is 0.309. The van der Waals surface area contributed by atoms with Gasteiger partial charge in [-0.1, -0.05) is 18.2 Å². The molecule has 1 aliphatic carbocycles. The van der Waals surface area contributed by atoms with Crippen LogP contribution in [0, 0.1) is 17.4 Å². The number of hydrogen-bond donors (Lipinski definition) is 0. The second-order valence-corrected chi connectivity index (χ2v) is 10.4. The maximum absolute atomic E-state index is 9.18. The molecule has 0 spiro atoms. The number of aromatic nitrogens is 3. The van der Waals surface area contributed by atoms with Gasteiger partial charge < -0.3 is 14.4 Å². The zero-order chi connectivity index (χ0) is 25.1. The van der Waals surface area contributed by atoms with Crippen LogP contribution in [-0.2, 0) is 19.5 Å². The lowest BCUT2D eigenvalue weighted by molar-refractivity contribution is 0.194.